The van der Waals surface area contributed by atoms with E-state index in [1.165, 1.54) is 32.1 Å². The third-order valence-corrected chi connectivity index (χ3v) is 6.65. The Morgan fingerprint density at radius 3 is 2.32 bits per heavy atom. The van der Waals surface area contributed by atoms with Crippen LogP contribution in [0.1, 0.15) is 51.5 Å². The van der Waals surface area contributed by atoms with Gasteiger partial charge in [-0.15, -0.1) is 0 Å². The molecule has 0 radical (unpaired) electrons. The van der Waals surface area contributed by atoms with Crippen LogP contribution in [0.15, 0.2) is 61.4 Å². The van der Waals surface area contributed by atoms with E-state index < -0.39 is 12.2 Å². The molecule has 1 saturated carbocycles. The molecule has 200 valence electrons. The molecule has 10 heteroatoms. The summed E-state index contributed by atoms with van der Waals surface area (Å²) in [6, 6.07) is 8.79. The van der Waals surface area contributed by atoms with Crippen LogP contribution in [-0.2, 0) is 7.05 Å². The zero-order valence-corrected chi connectivity index (χ0v) is 21.9. The molecule has 1 amide bonds. The summed E-state index contributed by atoms with van der Waals surface area (Å²) < 4.78 is 3.93. The van der Waals surface area contributed by atoms with E-state index in [1.54, 1.807) is 11.6 Å². The Labute approximate surface area is 222 Å². The Morgan fingerprint density at radius 2 is 1.66 bits per heavy atom. The van der Waals surface area contributed by atoms with Gasteiger partial charge in [0.05, 0.1) is 24.5 Å². The molecule has 1 aliphatic rings. The van der Waals surface area contributed by atoms with Crippen molar-refractivity contribution in [3.8, 4) is 33.6 Å². The number of nitrogens with one attached hydrogen (secondary N) is 1. The SMILES string of the molecule is CCC(O)CNC(=O)O.Cn1cc(-c2cccc(-c3ncc(-c4cnn(C5CCCCC5)c4)cn3)c2)cn1. The first-order chi connectivity index (χ1) is 18.4. The van der Waals surface area contributed by atoms with E-state index in [0.29, 0.717) is 12.5 Å². The van der Waals surface area contributed by atoms with Gasteiger partial charge in [-0.3, -0.25) is 9.36 Å². The van der Waals surface area contributed by atoms with E-state index in [4.69, 9.17) is 10.2 Å². The van der Waals surface area contributed by atoms with E-state index >= 15 is 0 Å². The predicted molar refractivity (Wildman–Crippen MR) is 145 cm³/mol. The molecule has 1 fully saturated rings. The van der Waals surface area contributed by atoms with Crippen LogP contribution >= 0.6 is 0 Å². The van der Waals surface area contributed by atoms with E-state index in [-0.39, 0.29) is 6.54 Å². The van der Waals surface area contributed by atoms with Gasteiger partial charge in [0.25, 0.3) is 0 Å². The number of aryl methyl sites for hydroxylation is 1. The zero-order chi connectivity index (χ0) is 26.9. The fourth-order valence-corrected chi connectivity index (χ4v) is 4.42. The minimum absolute atomic E-state index is 0.117. The number of carboxylic acid groups (broad SMARTS) is 1. The van der Waals surface area contributed by atoms with E-state index in [1.807, 2.05) is 50.2 Å². The number of amides is 1. The molecule has 38 heavy (non-hydrogen) atoms. The quantitative estimate of drug-likeness (QED) is 0.316. The minimum Gasteiger partial charge on any atom is -0.465 e. The summed E-state index contributed by atoms with van der Waals surface area (Å²) >= 11 is 0. The maximum absolute atomic E-state index is 9.80. The number of nitrogens with zero attached hydrogens (tertiary/aromatic N) is 6. The lowest BCUT2D eigenvalue weighted by Crippen LogP contribution is -2.30. The van der Waals surface area contributed by atoms with Crippen molar-refractivity contribution in [2.45, 2.75) is 57.6 Å². The molecule has 1 aliphatic carbocycles. The van der Waals surface area contributed by atoms with Crippen molar-refractivity contribution in [2.75, 3.05) is 6.54 Å². The van der Waals surface area contributed by atoms with Crippen molar-refractivity contribution in [3.05, 3.63) is 61.4 Å². The Hall–Kier alpha value is -4.05. The van der Waals surface area contributed by atoms with Crippen molar-refractivity contribution in [2.24, 2.45) is 7.05 Å². The van der Waals surface area contributed by atoms with Gasteiger partial charge in [-0.05, 0) is 30.9 Å². The molecule has 0 bridgehead atoms. The fourth-order valence-electron chi connectivity index (χ4n) is 4.42. The molecule has 5 rings (SSSR count). The lowest BCUT2D eigenvalue weighted by atomic mass is 9.96. The normalized spacial score (nSPS) is 14.4. The number of aromatic nitrogens is 6. The Bertz CT molecular complexity index is 1310. The topological polar surface area (TPSA) is 131 Å². The van der Waals surface area contributed by atoms with Crippen LogP contribution < -0.4 is 5.32 Å². The van der Waals surface area contributed by atoms with Gasteiger partial charge < -0.3 is 15.5 Å². The largest absolute Gasteiger partial charge is 0.465 e. The molecule has 1 atom stereocenters. The highest BCUT2D eigenvalue weighted by Gasteiger charge is 2.16. The number of aliphatic hydroxyl groups is 1. The molecule has 3 heterocycles. The lowest BCUT2D eigenvalue weighted by molar-refractivity contribution is 0.154. The molecule has 4 aromatic rings. The van der Waals surface area contributed by atoms with Crippen LogP contribution in [0.5, 0.6) is 0 Å². The summed E-state index contributed by atoms with van der Waals surface area (Å²) in [5.41, 5.74) is 5.26. The van der Waals surface area contributed by atoms with Crippen LogP contribution in [0, 0.1) is 0 Å². The number of benzene rings is 1. The highest BCUT2D eigenvalue weighted by molar-refractivity contribution is 5.70. The first-order valence-corrected chi connectivity index (χ1v) is 13.0. The third kappa shape index (κ3) is 7.25. The van der Waals surface area contributed by atoms with Crippen LogP contribution in [0.25, 0.3) is 33.6 Å². The standard InChI is InChI=1S/C23H24N6.C5H11NO3/c1-28-15-20(13-26-28)17-6-5-7-18(10-17)23-24-11-19(12-25-23)21-14-27-29(16-21)22-8-3-2-4-9-22;1-2-4(7)3-6-5(8)9/h5-7,10-16,22H,2-4,8-9H2,1H3;4,6-7H,2-3H2,1H3,(H,8,9). The molecule has 0 saturated heterocycles. The molecule has 0 aliphatic heterocycles. The van der Waals surface area contributed by atoms with Gasteiger partial charge in [0.2, 0.25) is 0 Å². The Morgan fingerprint density at radius 1 is 0.974 bits per heavy atom. The molecular formula is C28H35N7O3. The maximum Gasteiger partial charge on any atom is 0.404 e. The molecule has 0 spiro atoms. The van der Waals surface area contributed by atoms with Crippen LogP contribution in [0.2, 0.25) is 0 Å². The summed E-state index contributed by atoms with van der Waals surface area (Å²) in [7, 11) is 1.92. The zero-order valence-electron chi connectivity index (χ0n) is 21.9. The number of rotatable bonds is 7. The molecule has 1 aromatic carbocycles. The number of aliphatic hydroxyl groups excluding tert-OH is 1. The van der Waals surface area contributed by atoms with Crippen molar-refractivity contribution in [1.82, 2.24) is 34.8 Å². The van der Waals surface area contributed by atoms with Crippen LogP contribution in [0.3, 0.4) is 0 Å². The van der Waals surface area contributed by atoms with Gasteiger partial charge in [0.1, 0.15) is 0 Å². The van der Waals surface area contributed by atoms with Gasteiger partial charge >= 0.3 is 6.09 Å². The summed E-state index contributed by atoms with van der Waals surface area (Å²) in [6.45, 7) is 1.90. The van der Waals surface area contributed by atoms with Crippen LogP contribution in [0.4, 0.5) is 4.79 Å². The summed E-state index contributed by atoms with van der Waals surface area (Å²) in [5.74, 6) is 0.721. The summed E-state index contributed by atoms with van der Waals surface area (Å²) in [4.78, 5) is 19.0. The van der Waals surface area contributed by atoms with Crippen LogP contribution in [-0.4, -0.2) is 58.5 Å². The molecule has 10 nitrogen and oxygen atoms in total. The highest BCUT2D eigenvalue weighted by atomic mass is 16.4. The second kappa shape index (κ2) is 13.0. The van der Waals surface area contributed by atoms with E-state index in [0.717, 1.165) is 33.6 Å². The average molecular weight is 518 g/mol. The highest BCUT2D eigenvalue weighted by Crippen LogP contribution is 2.29. The lowest BCUT2D eigenvalue weighted by Gasteiger charge is -2.21. The number of hydrogen-bond donors (Lipinski definition) is 3. The Balaban J connectivity index is 0.000000323. The molecule has 1 unspecified atom stereocenters. The minimum atomic E-state index is -1.09. The van der Waals surface area contributed by atoms with Crippen molar-refractivity contribution >= 4 is 6.09 Å². The van der Waals surface area contributed by atoms with Crippen molar-refractivity contribution < 1.29 is 15.0 Å². The van der Waals surface area contributed by atoms with Gasteiger partial charge in [-0.25, -0.2) is 14.8 Å². The number of carbonyl (C=O) groups is 1. The molecule has 3 aromatic heterocycles. The average Bonchev–Trinajstić information content (AvgIpc) is 3.62. The second-order valence-electron chi connectivity index (χ2n) is 9.53. The molecular weight excluding hydrogens is 482 g/mol. The maximum atomic E-state index is 9.80. The second-order valence-corrected chi connectivity index (χ2v) is 9.53. The van der Waals surface area contributed by atoms with Gasteiger partial charge in [-0.2, -0.15) is 10.2 Å². The van der Waals surface area contributed by atoms with Crippen molar-refractivity contribution in [1.29, 1.82) is 0 Å². The monoisotopic (exact) mass is 517 g/mol. The summed E-state index contributed by atoms with van der Waals surface area (Å²) in [5, 5.41) is 27.7. The van der Waals surface area contributed by atoms with Gasteiger partial charge in [0, 0.05) is 60.6 Å². The first kappa shape index (κ1) is 27.0. The summed E-state index contributed by atoms with van der Waals surface area (Å²) in [6.07, 6.45) is 17.0. The fraction of sp³-hybridized carbons (Fsp3) is 0.393. The van der Waals surface area contributed by atoms with E-state index in [2.05, 4.69) is 48.5 Å². The predicted octanol–water partition coefficient (Wildman–Crippen LogP) is 4.94. The van der Waals surface area contributed by atoms with Gasteiger partial charge in [-0.1, -0.05) is 44.4 Å². The van der Waals surface area contributed by atoms with E-state index in [9.17, 15) is 4.79 Å². The Kier molecular flexibility index (Phi) is 9.21. The van der Waals surface area contributed by atoms with Gasteiger partial charge in [0.15, 0.2) is 5.82 Å². The molecule has 3 N–H and O–H groups in total. The third-order valence-electron chi connectivity index (χ3n) is 6.65. The van der Waals surface area contributed by atoms with Crippen molar-refractivity contribution in [3.63, 3.8) is 0 Å². The first-order valence-electron chi connectivity index (χ1n) is 13.0. The number of hydrogen-bond acceptors (Lipinski definition) is 6. The smallest absolute Gasteiger partial charge is 0.404 e.